The molecule has 0 bridgehead atoms. The standard InChI is InChI=1S/C14H10ClNO3/c15-12-5-2-6-13-11(12)8-14(19-13)9-3-1-4-10(7-9)16(17)18/h1-7,14H,8H2. The van der Waals surface area contributed by atoms with Gasteiger partial charge >= 0.3 is 0 Å². The predicted octanol–water partition coefficient (Wildman–Crippen LogP) is 3.92. The third kappa shape index (κ3) is 2.15. The van der Waals surface area contributed by atoms with E-state index in [0.717, 1.165) is 16.9 Å². The van der Waals surface area contributed by atoms with E-state index in [2.05, 4.69) is 0 Å². The fourth-order valence-corrected chi connectivity index (χ4v) is 2.50. The van der Waals surface area contributed by atoms with Crippen LogP contribution in [0.2, 0.25) is 5.02 Å². The number of fused-ring (bicyclic) bond motifs is 1. The van der Waals surface area contributed by atoms with Gasteiger partial charge in [0.15, 0.2) is 0 Å². The van der Waals surface area contributed by atoms with Crippen LogP contribution in [0.4, 0.5) is 5.69 Å². The summed E-state index contributed by atoms with van der Waals surface area (Å²) in [6.07, 6.45) is 0.422. The van der Waals surface area contributed by atoms with Crippen LogP contribution >= 0.6 is 11.6 Å². The van der Waals surface area contributed by atoms with E-state index in [9.17, 15) is 10.1 Å². The first-order valence-corrected chi connectivity index (χ1v) is 6.21. The fourth-order valence-electron chi connectivity index (χ4n) is 2.25. The van der Waals surface area contributed by atoms with Crippen molar-refractivity contribution in [3.63, 3.8) is 0 Å². The van der Waals surface area contributed by atoms with Crippen molar-refractivity contribution in [2.24, 2.45) is 0 Å². The molecular formula is C14H10ClNO3. The molecule has 1 aliphatic rings. The number of hydrogen-bond acceptors (Lipinski definition) is 3. The second kappa shape index (κ2) is 4.55. The van der Waals surface area contributed by atoms with Crippen LogP contribution < -0.4 is 4.74 Å². The van der Waals surface area contributed by atoms with Gasteiger partial charge in [0.2, 0.25) is 0 Å². The van der Waals surface area contributed by atoms with Crippen molar-refractivity contribution in [2.75, 3.05) is 0 Å². The molecule has 3 rings (SSSR count). The second-order valence-electron chi connectivity index (χ2n) is 4.38. The van der Waals surface area contributed by atoms with Crippen molar-refractivity contribution in [1.82, 2.24) is 0 Å². The van der Waals surface area contributed by atoms with E-state index in [0.29, 0.717) is 11.4 Å². The zero-order valence-electron chi connectivity index (χ0n) is 9.88. The van der Waals surface area contributed by atoms with Gasteiger partial charge in [-0.1, -0.05) is 29.8 Å². The molecule has 2 aromatic carbocycles. The van der Waals surface area contributed by atoms with E-state index < -0.39 is 4.92 Å². The average molecular weight is 276 g/mol. The third-order valence-corrected chi connectivity index (χ3v) is 3.54. The molecule has 1 unspecified atom stereocenters. The zero-order valence-corrected chi connectivity index (χ0v) is 10.6. The molecule has 96 valence electrons. The quantitative estimate of drug-likeness (QED) is 0.616. The van der Waals surface area contributed by atoms with Crippen LogP contribution in [0.15, 0.2) is 42.5 Å². The largest absolute Gasteiger partial charge is 0.485 e. The van der Waals surface area contributed by atoms with Crippen LogP contribution in [0.1, 0.15) is 17.2 Å². The average Bonchev–Trinajstić information content (AvgIpc) is 2.84. The summed E-state index contributed by atoms with van der Waals surface area (Å²) in [7, 11) is 0. The SMILES string of the molecule is O=[N+]([O-])c1cccc(C2Cc3c(Cl)cccc3O2)c1. The Balaban J connectivity index is 1.93. The number of ether oxygens (including phenoxy) is 1. The lowest BCUT2D eigenvalue weighted by atomic mass is 10.0. The van der Waals surface area contributed by atoms with Gasteiger partial charge in [0, 0.05) is 29.1 Å². The Morgan fingerprint density at radius 3 is 2.79 bits per heavy atom. The molecular weight excluding hydrogens is 266 g/mol. The molecule has 1 atom stereocenters. The van der Waals surface area contributed by atoms with Gasteiger partial charge < -0.3 is 4.74 Å². The number of halogens is 1. The number of nitrogens with zero attached hydrogens (tertiary/aromatic N) is 1. The molecule has 0 radical (unpaired) electrons. The minimum atomic E-state index is -0.404. The van der Waals surface area contributed by atoms with E-state index in [1.165, 1.54) is 6.07 Å². The summed E-state index contributed by atoms with van der Waals surface area (Å²) < 4.78 is 5.80. The number of rotatable bonds is 2. The highest BCUT2D eigenvalue weighted by atomic mass is 35.5. The van der Waals surface area contributed by atoms with Crippen LogP contribution in [0.5, 0.6) is 5.75 Å². The highest BCUT2D eigenvalue weighted by molar-refractivity contribution is 6.31. The molecule has 0 aromatic heterocycles. The predicted molar refractivity (Wildman–Crippen MR) is 71.6 cm³/mol. The topological polar surface area (TPSA) is 52.4 Å². The lowest BCUT2D eigenvalue weighted by Gasteiger charge is -2.10. The van der Waals surface area contributed by atoms with Crippen LogP contribution in [0.3, 0.4) is 0 Å². The molecule has 1 aliphatic heterocycles. The Hall–Kier alpha value is -2.07. The van der Waals surface area contributed by atoms with E-state index in [-0.39, 0.29) is 11.8 Å². The van der Waals surface area contributed by atoms with Gasteiger partial charge in [0.1, 0.15) is 11.9 Å². The van der Waals surface area contributed by atoms with E-state index >= 15 is 0 Å². The monoisotopic (exact) mass is 275 g/mol. The first-order chi connectivity index (χ1) is 9.15. The summed E-state index contributed by atoms with van der Waals surface area (Å²) in [5, 5.41) is 11.5. The molecule has 5 heteroatoms. The van der Waals surface area contributed by atoms with Crippen LogP contribution in [0.25, 0.3) is 0 Å². The van der Waals surface area contributed by atoms with Crippen molar-refractivity contribution < 1.29 is 9.66 Å². The summed E-state index contributed by atoms with van der Waals surface area (Å²) in [6.45, 7) is 0. The minimum Gasteiger partial charge on any atom is -0.485 e. The maximum atomic E-state index is 10.8. The highest BCUT2D eigenvalue weighted by Gasteiger charge is 2.27. The fraction of sp³-hybridized carbons (Fsp3) is 0.143. The molecule has 0 fully saturated rings. The molecule has 0 spiro atoms. The second-order valence-corrected chi connectivity index (χ2v) is 4.79. The maximum absolute atomic E-state index is 10.8. The van der Waals surface area contributed by atoms with Crippen molar-refractivity contribution >= 4 is 17.3 Å². The van der Waals surface area contributed by atoms with Gasteiger partial charge in [-0.2, -0.15) is 0 Å². The molecule has 2 aromatic rings. The lowest BCUT2D eigenvalue weighted by Crippen LogP contribution is -2.03. The lowest BCUT2D eigenvalue weighted by molar-refractivity contribution is -0.385. The van der Waals surface area contributed by atoms with Gasteiger partial charge in [-0.3, -0.25) is 10.1 Å². The molecule has 19 heavy (non-hydrogen) atoms. The summed E-state index contributed by atoms with van der Waals surface area (Å²) >= 11 is 6.12. The van der Waals surface area contributed by atoms with Crippen LogP contribution in [-0.4, -0.2) is 4.92 Å². The smallest absolute Gasteiger partial charge is 0.269 e. The molecule has 0 N–H and O–H groups in total. The number of non-ortho nitro benzene ring substituents is 1. The Labute approximate surface area is 114 Å². The summed E-state index contributed by atoms with van der Waals surface area (Å²) in [5.41, 5.74) is 1.82. The summed E-state index contributed by atoms with van der Waals surface area (Å²) in [6, 6.07) is 12.0. The molecule has 0 amide bonds. The van der Waals surface area contributed by atoms with Gasteiger partial charge in [-0.05, 0) is 17.7 Å². The van der Waals surface area contributed by atoms with Crippen molar-refractivity contribution in [3.05, 3.63) is 68.7 Å². The number of nitro benzene ring substituents is 1. The minimum absolute atomic E-state index is 0.0724. The number of hydrogen-bond donors (Lipinski definition) is 0. The van der Waals surface area contributed by atoms with E-state index in [1.807, 2.05) is 24.3 Å². The van der Waals surface area contributed by atoms with Crippen LogP contribution in [-0.2, 0) is 6.42 Å². The molecule has 0 saturated heterocycles. The number of benzene rings is 2. The van der Waals surface area contributed by atoms with Gasteiger partial charge in [-0.25, -0.2) is 0 Å². The Bertz CT molecular complexity index is 657. The first-order valence-electron chi connectivity index (χ1n) is 5.83. The molecule has 4 nitrogen and oxygen atoms in total. The molecule has 0 saturated carbocycles. The van der Waals surface area contributed by atoms with Crippen molar-refractivity contribution in [1.29, 1.82) is 0 Å². The maximum Gasteiger partial charge on any atom is 0.269 e. The zero-order chi connectivity index (χ0) is 13.4. The van der Waals surface area contributed by atoms with E-state index in [4.69, 9.17) is 16.3 Å². The Morgan fingerprint density at radius 1 is 1.26 bits per heavy atom. The van der Waals surface area contributed by atoms with Crippen molar-refractivity contribution in [3.8, 4) is 5.75 Å². The van der Waals surface area contributed by atoms with Gasteiger partial charge in [0.05, 0.1) is 4.92 Å². The highest BCUT2D eigenvalue weighted by Crippen LogP contribution is 2.40. The Kier molecular flexibility index (Phi) is 2.87. The van der Waals surface area contributed by atoms with Crippen LogP contribution in [0, 0.1) is 10.1 Å². The summed E-state index contributed by atoms with van der Waals surface area (Å²) in [4.78, 5) is 10.4. The Morgan fingerprint density at radius 2 is 2.05 bits per heavy atom. The van der Waals surface area contributed by atoms with Gasteiger partial charge in [-0.15, -0.1) is 0 Å². The number of nitro groups is 1. The third-order valence-electron chi connectivity index (χ3n) is 3.19. The van der Waals surface area contributed by atoms with E-state index in [1.54, 1.807) is 12.1 Å². The molecule has 1 heterocycles. The van der Waals surface area contributed by atoms with Gasteiger partial charge in [0.25, 0.3) is 5.69 Å². The normalized spacial score (nSPS) is 16.8. The first kappa shape index (κ1) is 12.0. The summed E-state index contributed by atoms with van der Waals surface area (Å²) in [5.74, 6) is 0.754. The van der Waals surface area contributed by atoms with Crippen molar-refractivity contribution in [2.45, 2.75) is 12.5 Å². The molecule has 0 aliphatic carbocycles.